The molecule has 178 valence electrons. The number of rotatable bonds is 4. The molecule has 36 heavy (non-hydrogen) atoms. The van der Waals surface area contributed by atoms with E-state index in [1.807, 2.05) is 60.4 Å². The maximum atomic E-state index is 13.1. The Labute approximate surface area is 208 Å². The molecule has 0 radical (unpaired) electrons. The highest BCUT2D eigenvalue weighted by Gasteiger charge is 2.39. The number of carbonyl (C=O) groups excluding carboxylic acids is 3. The van der Waals surface area contributed by atoms with Crippen LogP contribution in [0.1, 0.15) is 28.8 Å². The first-order valence-electron chi connectivity index (χ1n) is 12.0. The Balaban J connectivity index is 1.34. The molecule has 7 heteroatoms. The second-order valence-corrected chi connectivity index (χ2v) is 9.25. The Hall–Kier alpha value is -4.52. The Morgan fingerprint density at radius 2 is 1.61 bits per heavy atom. The molecule has 0 aliphatic carbocycles. The van der Waals surface area contributed by atoms with Gasteiger partial charge in [-0.25, -0.2) is 0 Å². The zero-order chi connectivity index (χ0) is 24.8. The first-order valence-corrected chi connectivity index (χ1v) is 12.0. The largest absolute Gasteiger partial charge is 0.322 e. The van der Waals surface area contributed by atoms with Crippen LogP contribution in [0.25, 0.3) is 33.5 Å². The van der Waals surface area contributed by atoms with Gasteiger partial charge in [-0.3, -0.25) is 24.4 Å². The predicted octanol–water partition coefficient (Wildman–Crippen LogP) is 4.18. The lowest BCUT2D eigenvalue weighted by Gasteiger charge is -2.29. The molecule has 1 saturated heterocycles. The lowest BCUT2D eigenvalue weighted by Crippen LogP contribution is -2.52. The van der Waals surface area contributed by atoms with Gasteiger partial charge in [0, 0.05) is 36.7 Å². The van der Waals surface area contributed by atoms with Crippen molar-refractivity contribution < 1.29 is 14.4 Å². The quantitative estimate of drug-likeness (QED) is 0.448. The minimum atomic E-state index is -0.624. The zero-order valence-electron chi connectivity index (χ0n) is 19.8. The minimum Gasteiger partial charge on any atom is -0.322 e. The van der Waals surface area contributed by atoms with Crippen LogP contribution in [0.3, 0.4) is 0 Å². The van der Waals surface area contributed by atoms with Crippen molar-refractivity contribution in [2.45, 2.75) is 25.4 Å². The third-order valence-electron chi connectivity index (χ3n) is 7.02. The monoisotopic (exact) mass is 476 g/mol. The summed E-state index contributed by atoms with van der Waals surface area (Å²) in [6.07, 6.45) is 2.44. The average molecular weight is 477 g/mol. The van der Waals surface area contributed by atoms with Gasteiger partial charge in [0.25, 0.3) is 5.91 Å². The van der Waals surface area contributed by atoms with E-state index < -0.39 is 11.9 Å². The van der Waals surface area contributed by atoms with Gasteiger partial charge in [0.15, 0.2) is 0 Å². The van der Waals surface area contributed by atoms with Crippen LogP contribution in [0.4, 0.5) is 0 Å². The van der Waals surface area contributed by atoms with Gasteiger partial charge in [0.05, 0.1) is 11.9 Å². The fourth-order valence-electron chi connectivity index (χ4n) is 5.21. The third-order valence-corrected chi connectivity index (χ3v) is 7.02. The fourth-order valence-corrected chi connectivity index (χ4v) is 5.21. The zero-order valence-corrected chi connectivity index (χ0v) is 19.8. The number of nitrogens with zero attached hydrogens (tertiary/aromatic N) is 3. The van der Waals surface area contributed by atoms with Gasteiger partial charge in [-0.15, -0.1) is 0 Å². The summed E-state index contributed by atoms with van der Waals surface area (Å²) in [6.45, 7) is 0.341. The molecule has 6 rings (SSSR count). The van der Waals surface area contributed by atoms with Crippen molar-refractivity contribution in [2.75, 3.05) is 0 Å². The summed E-state index contributed by atoms with van der Waals surface area (Å²) in [4.78, 5) is 38.6. The van der Waals surface area contributed by atoms with Crippen LogP contribution < -0.4 is 5.32 Å². The molecule has 1 fully saturated rings. The van der Waals surface area contributed by atoms with Crippen molar-refractivity contribution in [3.8, 4) is 33.5 Å². The number of benzene rings is 3. The normalized spacial score (nSPS) is 17.3. The highest BCUT2D eigenvalue weighted by atomic mass is 16.2. The van der Waals surface area contributed by atoms with Crippen LogP contribution in [0, 0.1) is 0 Å². The summed E-state index contributed by atoms with van der Waals surface area (Å²) in [5.74, 6) is -0.864. The van der Waals surface area contributed by atoms with Crippen molar-refractivity contribution >= 4 is 17.7 Å². The standard InChI is InChI=1S/C29H24N4O3/c1-32-27(21-9-5-8-19(14-21)18-6-3-2-4-7-18)24(16-30-32)20-10-11-23-22(15-20)17-33(29(23)36)25-12-13-26(34)31-28(25)35/h2-11,14-16,25H,12-13,17H2,1H3,(H,31,34,35). The maximum Gasteiger partial charge on any atom is 0.255 e. The van der Waals surface area contributed by atoms with Crippen molar-refractivity contribution in [2.24, 2.45) is 7.05 Å². The van der Waals surface area contributed by atoms with Crippen LogP contribution in [0.2, 0.25) is 0 Å². The molecule has 1 N–H and O–H groups in total. The van der Waals surface area contributed by atoms with Gasteiger partial charge in [0.1, 0.15) is 6.04 Å². The molecular formula is C29H24N4O3. The molecular weight excluding hydrogens is 452 g/mol. The van der Waals surface area contributed by atoms with E-state index in [9.17, 15) is 14.4 Å². The molecule has 1 aromatic heterocycles. The number of imide groups is 1. The lowest BCUT2D eigenvalue weighted by molar-refractivity contribution is -0.136. The van der Waals surface area contributed by atoms with Crippen LogP contribution >= 0.6 is 0 Å². The number of hydrogen-bond acceptors (Lipinski definition) is 4. The summed E-state index contributed by atoms with van der Waals surface area (Å²) in [5.41, 5.74) is 7.70. The summed E-state index contributed by atoms with van der Waals surface area (Å²) in [6, 6.07) is 23.8. The van der Waals surface area contributed by atoms with E-state index in [1.54, 1.807) is 4.90 Å². The summed E-state index contributed by atoms with van der Waals surface area (Å²) in [5, 5.41) is 6.89. The molecule has 7 nitrogen and oxygen atoms in total. The number of aryl methyl sites for hydroxylation is 1. The molecule has 3 aromatic carbocycles. The second-order valence-electron chi connectivity index (χ2n) is 9.25. The van der Waals surface area contributed by atoms with Crippen molar-refractivity contribution in [1.82, 2.24) is 20.0 Å². The lowest BCUT2D eigenvalue weighted by atomic mass is 9.96. The van der Waals surface area contributed by atoms with Gasteiger partial charge in [-0.05, 0) is 46.9 Å². The van der Waals surface area contributed by atoms with E-state index in [0.717, 1.165) is 39.1 Å². The van der Waals surface area contributed by atoms with E-state index in [0.29, 0.717) is 18.5 Å². The molecule has 1 atom stereocenters. The molecule has 0 spiro atoms. The van der Waals surface area contributed by atoms with E-state index in [1.165, 1.54) is 0 Å². The Morgan fingerprint density at radius 1 is 0.833 bits per heavy atom. The number of nitrogens with one attached hydrogen (secondary N) is 1. The highest BCUT2D eigenvalue weighted by Crippen LogP contribution is 2.36. The van der Waals surface area contributed by atoms with E-state index in [-0.39, 0.29) is 18.2 Å². The summed E-state index contributed by atoms with van der Waals surface area (Å²) in [7, 11) is 1.93. The first kappa shape index (κ1) is 22.0. The number of fused-ring (bicyclic) bond motifs is 1. The highest BCUT2D eigenvalue weighted by molar-refractivity contribution is 6.05. The van der Waals surface area contributed by atoms with Gasteiger partial charge >= 0.3 is 0 Å². The third kappa shape index (κ3) is 3.69. The minimum absolute atomic E-state index is 0.173. The van der Waals surface area contributed by atoms with Gasteiger partial charge in [-0.2, -0.15) is 5.10 Å². The molecule has 2 aliphatic rings. The molecule has 2 aliphatic heterocycles. The van der Waals surface area contributed by atoms with Gasteiger partial charge in [-0.1, -0.05) is 54.6 Å². The number of aromatic nitrogens is 2. The number of piperidine rings is 1. The van der Waals surface area contributed by atoms with E-state index in [4.69, 9.17) is 0 Å². The maximum absolute atomic E-state index is 13.1. The Kier molecular flexibility index (Phi) is 5.25. The van der Waals surface area contributed by atoms with Crippen LogP contribution in [0.15, 0.2) is 79.0 Å². The number of carbonyl (C=O) groups is 3. The van der Waals surface area contributed by atoms with E-state index >= 15 is 0 Å². The molecule has 3 amide bonds. The SMILES string of the molecule is Cn1ncc(-c2ccc3c(c2)CN(C2CCC(=O)NC2=O)C3=O)c1-c1cccc(-c2ccccc2)c1. The predicted molar refractivity (Wildman–Crippen MR) is 136 cm³/mol. The molecule has 0 saturated carbocycles. The smallest absolute Gasteiger partial charge is 0.255 e. The van der Waals surface area contributed by atoms with Gasteiger partial charge < -0.3 is 4.90 Å². The summed E-state index contributed by atoms with van der Waals surface area (Å²) < 4.78 is 1.87. The van der Waals surface area contributed by atoms with E-state index in [2.05, 4.69) is 40.7 Å². The van der Waals surface area contributed by atoms with Crippen molar-refractivity contribution in [1.29, 1.82) is 0 Å². The molecule has 4 aromatic rings. The number of hydrogen-bond donors (Lipinski definition) is 1. The van der Waals surface area contributed by atoms with Crippen molar-refractivity contribution in [3.05, 3.63) is 90.1 Å². The topological polar surface area (TPSA) is 84.3 Å². The second kappa shape index (κ2) is 8.61. The Bertz CT molecular complexity index is 1520. The van der Waals surface area contributed by atoms with Crippen LogP contribution in [0.5, 0.6) is 0 Å². The Morgan fingerprint density at radius 3 is 2.42 bits per heavy atom. The summed E-state index contributed by atoms with van der Waals surface area (Å²) >= 11 is 0. The average Bonchev–Trinajstić information content (AvgIpc) is 3.44. The molecule has 3 heterocycles. The van der Waals surface area contributed by atoms with Gasteiger partial charge in [0.2, 0.25) is 11.8 Å². The molecule has 1 unspecified atom stereocenters. The van der Waals surface area contributed by atoms with Crippen LogP contribution in [-0.2, 0) is 23.2 Å². The van der Waals surface area contributed by atoms with Crippen molar-refractivity contribution in [3.63, 3.8) is 0 Å². The fraction of sp³-hybridized carbons (Fsp3) is 0.172. The number of amides is 3. The molecule has 0 bridgehead atoms. The first-order chi connectivity index (χ1) is 17.5. The van der Waals surface area contributed by atoms with Crippen LogP contribution in [-0.4, -0.2) is 38.4 Å².